The number of aromatic nitrogens is 2. The Hall–Kier alpha value is -2.17. The zero-order valence-electron chi connectivity index (χ0n) is 9.31. The van der Waals surface area contributed by atoms with Crippen LogP contribution in [0.5, 0.6) is 5.75 Å². The molecule has 0 radical (unpaired) electrons. The van der Waals surface area contributed by atoms with E-state index in [2.05, 4.69) is 21.6 Å². The first-order chi connectivity index (χ1) is 8.33. The minimum absolute atomic E-state index is 0.154. The Bertz CT molecular complexity index is 498. The van der Waals surface area contributed by atoms with Crippen molar-refractivity contribution in [2.24, 2.45) is 0 Å². The third-order valence-electron chi connectivity index (χ3n) is 2.90. The molecule has 1 unspecified atom stereocenters. The molecule has 4 N–H and O–H groups in total. The lowest BCUT2D eigenvalue weighted by Crippen LogP contribution is -2.24. The van der Waals surface area contributed by atoms with Crippen molar-refractivity contribution in [2.75, 3.05) is 17.6 Å². The molecule has 1 aromatic heterocycles. The van der Waals surface area contributed by atoms with Crippen molar-refractivity contribution in [3.05, 3.63) is 36.0 Å². The van der Waals surface area contributed by atoms with Crippen LogP contribution < -0.4 is 15.8 Å². The van der Waals surface area contributed by atoms with Crippen LogP contribution in [0.2, 0.25) is 0 Å². The van der Waals surface area contributed by atoms with Crippen LogP contribution in [0, 0.1) is 0 Å². The van der Waals surface area contributed by atoms with Crippen molar-refractivity contribution in [1.29, 1.82) is 0 Å². The van der Waals surface area contributed by atoms with E-state index in [1.54, 1.807) is 6.20 Å². The SMILES string of the molecule is Nc1[nH]ncc1NCC1Cc2ccccc2O1. The van der Waals surface area contributed by atoms with Crippen molar-refractivity contribution >= 4 is 11.5 Å². The second kappa shape index (κ2) is 4.01. The molecule has 2 heterocycles. The van der Waals surface area contributed by atoms with E-state index in [1.807, 2.05) is 18.2 Å². The van der Waals surface area contributed by atoms with Crippen LogP contribution >= 0.6 is 0 Å². The molecule has 0 spiro atoms. The number of rotatable bonds is 3. The number of para-hydroxylation sites is 1. The molecule has 1 atom stereocenters. The molecule has 88 valence electrons. The molecule has 0 fully saturated rings. The Morgan fingerprint density at radius 1 is 1.47 bits per heavy atom. The monoisotopic (exact) mass is 230 g/mol. The number of benzene rings is 1. The zero-order chi connectivity index (χ0) is 11.7. The highest BCUT2D eigenvalue weighted by molar-refractivity contribution is 5.60. The standard InChI is InChI=1S/C12H14N4O/c13-12-10(7-15-16-12)14-6-9-5-8-3-1-2-4-11(8)17-9/h1-4,7,9,14H,5-6H2,(H3,13,15,16). The van der Waals surface area contributed by atoms with Gasteiger partial charge in [0, 0.05) is 6.42 Å². The number of hydrogen-bond acceptors (Lipinski definition) is 4. The van der Waals surface area contributed by atoms with Gasteiger partial charge in [0.15, 0.2) is 0 Å². The minimum atomic E-state index is 0.154. The van der Waals surface area contributed by atoms with E-state index < -0.39 is 0 Å². The number of aromatic amines is 1. The van der Waals surface area contributed by atoms with Crippen molar-refractivity contribution in [3.8, 4) is 5.75 Å². The molecule has 0 bridgehead atoms. The molecule has 1 aliphatic heterocycles. The average molecular weight is 230 g/mol. The summed E-state index contributed by atoms with van der Waals surface area (Å²) in [6, 6.07) is 8.12. The lowest BCUT2D eigenvalue weighted by Gasteiger charge is -2.11. The normalized spacial score (nSPS) is 17.5. The first kappa shape index (κ1) is 10.0. The summed E-state index contributed by atoms with van der Waals surface area (Å²) in [5.41, 5.74) is 7.78. The van der Waals surface area contributed by atoms with Gasteiger partial charge in [0.2, 0.25) is 0 Å². The summed E-state index contributed by atoms with van der Waals surface area (Å²) < 4.78 is 5.81. The fourth-order valence-electron chi connectivity index (χ4n) is 2.03. The second-order valence-corrected chi connectivity index (χ2v) is 4.13. The summed E-state index contributed by atoms with van der Waals surface area (Å²) in [4.78, 5) is 0. The maximum atomic E-state index is 5.81. The average Bonchev–Trinajstić information content (AvgIpc) is 2.92. The largest absolute Gasteiger partial charge is 0.488 e. The van der Waals surface area contributed by atoms with E-state index >= 15 is 0 Å². The maximum Gasteiger partial charge on any atom is 0.142 e. The minimum Gasteiger partial charge on any atom is -0.488 e. The van der Waals surface area contributed by atoms with E-state index in [1.165, 1.54) is 5.56 Å². The van der Waals surface area contributed by atoms with E-state index in [0.717, 1.165) is 24.4 Å². The number of ether oxygens (including phenoxy) is 1. The quantitative estimate of drug-likeness (QED) is 0.745. The van der Waals surface area contributed by atoms with Gasteiger partial charge in [-0.1, -0.05) is 18.2 Å². The highest BCUT2D eigenvalue weighted by atomic mass is 16.5. The Labute approximate surface area is 99.0 Å². The molecule has 0 saturated heterocycles. The number of nitrogens with zero attached hydrogens (tertiary/aromatic N) is 1. The van der Waals surface area contributed by atoms with E-state index in [-0.39, 0.29) is 6.10 Å². The highest BCUT2D eigenvalue weighted by Gasteiger charge is 2.22. The summed E-state index contributed by atoms with van der Waals surface area (Å²) in [6.45, 7) is 0.721. The molecule has 3 rings (SSSR count). The van der Waals surface area contributed by atoms with Crippen molar-refractivity contribution in [3.63, 3.8) is 0 Å². The zero-order valence-corrected chi connectivity index (χ0v) is 9.31. The Kier molecular flexibility index (Phi) is 2.36. The molecule has 5 heteroatoms. The van der Waals surface area contributed by atoms with Crippen LogP contribution in [-0.4, -0.2) is 22.8 Å². The number of H-pyrrole nitrogens is 1. The van der Waals surface area contributed by atoms with Gasteiger partial charge in [0.1, 0.15) is 17.7 Å². The van der Waals surface area contributed by atoms with Crippen LogP contribution in [0.1, 0.15) is 5.56 Å². The number of nitrogen functional groups attached to an aromatic ring is 1. The Morgan fingerprint density at radius 3 is 3.12 bits per heavy atom. The summed E-state index contributed by atoms with van der Waals surface area (Å²) in [5, 5.41) is 9.76. The van der Waals surface area contributed by atoms with Gasteiger partial charge in [-0.15, -0.1) is 0 Å². The lowest BCUT2D eigenvalue weighted by atomic mass is 10.1. The van der Waals surface area contributed by atoms with Gasteiger partial charge >= 0.3 is 0 Å². The van der Waals surface area contributed by atoms with Crippen molar-refractivity contribution < 1.29 is 4.74 Å². The van der Waals surface area contributed by atoms with Gasteiger partial charge in [-0.25, -0.2) is 0 Å². The first-order valence-corrected chi connectivity index (χ1v) is 5.60. The van der Waals surface area contributed by atoms with Crippen LogP contribution in [0.15, 0.2) is 30.5 Å². The fraction of sp³-hybridized carbons (Fsp3) is 0.250. The van der Waals surface area contributed by atoms with E-state index in [9.17, 15) is 0 Å². The molecular weight excluding hydrogens is 216 g/mol. The summed E-state index contributed by atoms with van der Waals surface area (Å²) in [6.07, 6.45) is 2.76. The fourth-order valence-corrected chi connectivity index (χ4v) is 2.03. The van der Waals surface area contributed by atoms with Gasteiger partial charge in [-0.2, -0.15) is 5.10 Å². The second-order valence-electron chi connectivity index (χ2n) is 4.13. The van der Waals surface area contributed by atoms with E-state index in [4.69, 9.17) is 10.5 Å². The third-order valence-corrected chi connectivity index (χ3v) is 2.90. The van der Waals surface area contributed by atoms with E-state index in [0.29, 0.717) is 5.82 Å². The van der Waals surface area contributed by atoms with Crippen LogP contribution in [-0.2, 0) is 6.42 Å². The number of nitrogens with one attached hydrogen (secondary N) is 2. The third kappa shape index (κ3) is 1.91. The first-order valence-electron chi connectivity index (χ1n) is 5.60. The van der Waals surface area contributed by atoms with Crippen molar-refractivity contribution in [1.82, 2.24) is 10.2 Å². The van der Waals surface area contributed by atoms with Gasteiger partial charge in [0.05, 0.1) is 18.4 Å². The molecule has 5 nitrogen and oxygen atoms in total. The molecule has 0 amide bonds. The topological polar surface area (TPSA) is 76.0 Å². The Balaban J connectivity index is 1.61. The highest BCUT2D eigenvalue weighted by Crippen LogP contribution is 2.28. The molecule has 17 heavy (non-hydrogen) atoms. The molecule has 1 aliphatic rings. The Morgan fingerprint density at radius 2 is 2.35 bits per heavy atom. The summed E-state index contributed by atoms with van der Waals surface area (Å²) in [5.74, 6) is 1.54. The molecule has 0 aliphatic carbocycles. The molecular formula is C12H14N4O. The van der Waals surface area contributed by atoms with Crippen molar-refractivity contribution in [2.45, 2.75) is 12.5 Å². The van der Waals surface area contributed by atoms with Gasteiger partial charge < -0.3 is 15.8 Å². The number of fused-ring (bicyclic) bond motifs is 1. The predicted octanol–water partition coefficient (Wildman–Crippen LogP) is 1.41. The molecule has 1 aromatic carbocycles. The molecule has 2 aromatic rings. The van der Waals surface area contributed by atoms with Gasteiger partial charge in [-0.3, -0.25) is 5.10 Å². The number of anilines is 2. The molecule has 0 saturated carbocycles. The number of hydrogen-bond donors (Lipinski definition) is 3. The lowest BCUT2D eigenvalue weighted by molar-refractivity contribution is 0.246. The predicted molar refractivity (Wildman–Crippen MR) is 66.1 cm³/mol. The number of nitrogens with two attached hydrogens (primary N) is 1. The van der Waals surface area contributed by atoms with Gasteiger partial charge in [0.25, 0.3) is 0 Å². The summed E-state index contributed by atoms with van der Waals surface area (Å²) >= 11 is 0. The summed E-state index contributed by atoms with van der Waals surface area (Å²) in [7, 11) is 0. The van der Waals surface area contributed by atoms with Gasteiger partial charge in [-0.05, 0) is 11.6 Å². The van der Waals surface area contributed by atoms with Crippen LogP contribution in [0.3, 0.4) is 0 Å². The van der Waals surface area contributed by atoms with Crippen LogP contribution in [0.4, 0.5) is 11.5 Å². The smallest absolute Gasteiger partial charge is 0.142 e. The maximum absolute atomic E-state index is 5.81. The van der Waals surface area contributed by atoms with Crippen LogP contribution in [0.25, 0.3) is 0 Å².